The Morgan fingerprint density at radius 2 is 1.81 bits per heavy atom. The average molecular weight is 300 g/mol. The van der Waals surface area contributed by atoms with Gasteiger partial charge >= 0.3 is 0 Å². The van der Waals surface area contributed by atoms with Crippen LogP contribution in [0.15, 0.2) is 48.5 Å². The summed E-state index contributed by atoms with van der Waals surface area (Å²) in [5.41, 5.74) is 1.45. The normalized spacial score (nSPS) is 11.3. The van der Waals surface area contributed by atoms with Crippen molar-refractivity contribution in [2.75, 3.05) is 0 Å². The fourth-order valence-electron chi connectivity index (χ4n) is 2.08. The predicted molar refractivity (Wildman–Crippen MR) is 83.7 cm³/mol. The van der Waals surface area contributed by atoms with Crippen molar-refractivity contribution in [3.63, 3.8) is 0 Å². The molecule has 0 aliphatic carbocycles. The zero-order chi connectivity index (χ0) is 14.8. The number of hydrogen-bond donors (Lipinski definition) is 1. The van der Waals surface area contributed by atoms with E-state index in [1.807, 2.05) is 12.1 Å². The summed E-state index contributed by atoms with van der Waals surface area (Å²) in [5.74, 6) is -0.269. The Morgan fingerprint density at radius 3 is 2.62 bits per heavy atom. The lowest BCUT2D eigenvalue weighted by Gasteiger charge is -2.02. The molecule has 104 valence electrons. The molecule has 0 fully saturated rings. The Labute approximate surface area is 126 Å². The maximum Gasteiger partial charge on any atom is 0.141 e. The zero-order valence-corrected chi connectivity index (χ0v) is 11.7. The number of phenolic OH excluding ortho intramolecular Hbond substituents is 1. The first kappa shape index (κ1) is 13.6. The lowest BCUT2D eigenvalue weighted by molar-refractivity contribution is 0.480. The first-order valence-electron chi connectivity index (χ1n) is 6.36. The van der Waals surface area contributed by atoms with Crippen molar-refractivity contribution in [3.05, 3.63) is 70.6 Å². The molecule has 3 aromatic rings. The third-order valence-corrected chi connectivity index (χ3v) is 3.47. The van der Waals surface area contributed by atoms with E-state index in [2.05, 4.69) is 4.98 Å². The molecule has 0 unspecified atom stereocenters. The molecule has 0 saturated heterocycles. The summed E-state index contributed by atoms with van der Waals surface area (Å²) in [4.78, 5) is 4.35. The van der Waals surface area contributed by atoms with Crippen molar-refractivity contribution in [3.8, 4) is 5.75 Å². The highest BCUT2D eigenvalue weighted by molar-refractivity contribution is 6.32. The monoisotopic (exact) mass is 299 g/mol. The van der Waals surface area contributed by atoms with E-state index in [9.17, 15) is 9.50 Å². The lowest BCUT2D eigenvalue weighted by Crippen LogP contribution is -1.85. The molecule has 1 aromatic heterocycles. The van der Waals surface area contributed by atoms with E-state index < -0.39 is 0 Å². The molecule has 0 aliphatic rings. The number of pyridine rings is 1. The van der Waals surface area contributed by atoms with E-state index in [0.29, 0.717) is 21.8 Å². The summed E-state index contributed by atoms with van der Waals surface area (Å²) in [6, 6.07) is 13.4. The van der Waals surface area contributed by atoms with E-state index in [1.165, 1.54) is 6.07 Å². The highest BCUT2D eigenvalue weighted by Crippen LogP contribution is 2.24. The van der Waals surface area contributed by atoms with Gasteiger partial charge in [-0.3, -0.25) is 0 Å². The Balaban J connectivity index is 2.02. The number of para-hydroxylation sites is 1. The molecule has 2 nitrogen and oxygen atoms in total. The van der Waals surface area contributed by atoms with Gasteiger partial charge in [0, 0.05) is 10.9 Å². The quantitative estimate of drug-likeness (QED) is 0.730. The molecule has 4 heteroatoms. The van der Waals surface area contributed by atoms with Crippen molar-refractivity contribution < 1.29 is 9.50 Å². The highest BCUT2D eigenvalue weighted by atomic mass is 35.5. The first-order chi connectivity index (χ1) is 10.1. The number of rotatable bonds is 2. The van der Waals surface area contributed by atoms with Gasteiger partial charge in [0.2, 0.25) is 0 Å². The molecule has 21 heavy (non-hydrogen) atoms. The molecule has 0 saturated carbocycles. The number of halogens is 2. The Hall–Kier alpha value is -2.39. The minimum absolute atomic E-state index is 0.117. The fourth-order valence-corrected chi connectivity index (χ4v) is 2.30. The summed E-state index contributed by atoms with van der Waals surface area (Å²) in [6.07, 6.45) is 3.24. The average Bonchev–Trinajstić information content (AvgIpc) is 2.47. The molecular formula is C17H11ClFNO. The summed E-state index contributed by atoms with van der Waals surface area (Å²) in [5, 5.41) is 11.0. The van der Waals surface area contributed by atoms with Gasteiger partial charge in [-0.05, 0) is 36.4 Å². The van der Waals surface area contributed by atoms with Gasteiger partial charge in [0.25, 0.3) is 0 Å². The number of nitrogens with zero attached hydrogens (tertiary/aromatic N) is 1. The van der Waals surface area contributed by atoms with E-state index in [1.54, 1.807) is 42.5 Å². The molecule has 3 rings (SSSR count). The van der Waals surface area contributed by atoms with Gasteiger partial charge in [-0.15, -0.1) is 0 Å². The van der Waals surface area contributed by atoms with Crippen LogP contribution in [0.3, 0.4) is 0 Å². The predicted octanol–water partition coefficient (Wildman–Crippen LogP) is 4.90. The van der Waals surface area contributed by atoms with Crippen LogP contribution in [0.4, 0.5) is 4.39 Å². The number of aromatic nitrogens is 1. The smallest absolute Gasteiger partial charge is 0.141 e. The van der Waals surface area contributed by atoms with Gasteiger partial charge in [0.05, 0.1) is 10.7 Å². The molecule has 0 atom stereocenters. The van der Waals surface area contributed by atoms with Gasteiger partial charge in [0.1, 0.15) is 17.1 Å². The molecule has 1 heterocycles. The second-order valence-corrected chi connectivity index (χ2v) is 4.96. The van der Waals surface area contributed by atoms with Crippen molar-refractivity contribution in [1.82, 2.24) is 4.98 Å². The highest BCUT2D eigenvalue weighted by Gasteiger charge is 2.04. The number of fused-ring (bicyclic) bond motifs is 1. The third-order valence-electron chi connectivity index (χ3n) is 3.14. The maximum atomic E-state index is 13.7. The van der Waals surface area contributed by atoms with Crippen molar-refractivity contribution in [2.45, 2.75) is 0 Å². The molecule has 0 amide bonds. The van der Waals surface area contributed by atoms with Crippen molar-refractivity contribution >= 4 is 34.7 Å². The first-order valence-corrected chi connectivity index (χ1v) is 6.74. The summed E-state index contributed by atoms with van der Waals surface area (Å²) in [7, 11) is 0. The van der Waals surface area contributed by atoms with Gasteiger partial charge in [-0.25, -0.2) is 9.37 Å². The van der Waals surface area contributed by atoms with E-state index in [-0.39, 0.29) is 11.6 Å². The summed E-state index contributed by atoms with van der Waals surface area (Å²) in [6.45, 7) is 0. The second kappa shape index (κ2) is 5.54. The molecule has 0 radical (unpaired) electrons. The lowest BCUT2D eigenvalue weighted by atomic mass is 10.1. The largest absolute Gasteiger partial charge is 0.506 e. The number of aromatic hydroxyl groups is 1. The van der Waals surface area contributed by atoms with Crippen molar-refractivity contribution in [2.24, 2.45) is 0 Å². The summed E-state index contributed by atoms with van der Waals surface area (Å²) >= 11 is 5.96. The standard InChI is InChI=1S/C17H11ClFNO/c18-14-4-2-5-15(19)13(14)10-9-12-8-7-11-3-1-6-16(21)17(11)20-12/h1-10,21H/b10-9+. The Morgan fingerprint density at radius 1 is 1.00 bits per heavy atom. The van der Waals surface area contributed by atoms with E-state index in [4.69, 9.17) is 11.6 Å². The maximum absolute atomic E-state index is 13.7. The topological polar surface area (TPSA) is 33.1 Å². The van der Waals surface area contributed by atoms with Gasteiger partial charge < -0.3 is 5.11 Å². The van der Waals surface area contributed by atoms with Crippen molar-refractivity contribution in [1.29, 1.82) is 0 Å². The number of benzene rings is 2. The Bertz CT molecular complexity index is 825. The molecule has 2 aromatic carbocycles. The molecule has 0 spiro atoms. The molecule has 1 N–H and O–H groups in total. The van der Waals surface area contributed by atoms with Gasteiger partial charge in [0.15, 0.2) is 0 Å². The summed E-state index contributed by atoms with van der Waals surface area (Å²) < 4.78 is 13.7. The van der Waals surface area contributed by atoms with Crippen LogP contribution in [-0.4, -0.2) is 10.1 Å². The van der Waals surface area contributed by atoms with Crippen LogP contribution in [0.25, 0.3) is 23.1 Å². The van der Waals surface area contributed by atoms with Crippen LogP contribution in [-0.2, 0) is 0 Å². The number of hydrogen-bond acceptors (Lipinski definition) is 2. The van der Waals surface area contributed by atoms with Gasteiger partial charge in [-0.2, -0.15) is 0 Å². The molecular weight excluding hydrogens is 289 g/mol. The van der Waals surface area contributed by atoms with Crippen LogP contribution in [0.2, 0.25) is 5.02 Å². The minimum atomic E-state index is -0.387. The molecule has 0 aliphatic heterocycles. The van der Waals surface area contributed by atoms with Crippen LogP contribution in [0, 0.1) is 5.82 Å². The number of phenols is 1. The van der Waals surface area contributed by atoms with Crippen LogP contribution >= 0.6 is 11.6 Å². The van der Waals surface area contributed by atoms with E-state index in [0.717, 1.165) is 5.39 Å². The second-order valence-electron chi connectivity index (χ2n) is 4.55. The third kappa shape index (κ3) is 2.73. The molecule has 0 bridgehead atoms. The SMILES string of the molecule is Oc1cccc2ccc(/C=C/c3c(F)cccc3Cl)nc12. The minimum Gasteiger partial charge on any atom is -0.506 e. The zero-order valence-electron chi connectivity index (χ0n) is 10.9. The van der Waals surface area contributed by atoms with E-state index >= 15 is 0 Å². The van der Waals surface area contributed by atoms with Crippen LogP contribution in [0.5, 0.6) is 5.75 Å². The van der Waals surface area contributed by atoms with Crippen LogP contribution in [0.1, 0.15) is 11.3 Å². The van der Waals surface area contributed by atoms with Crippen LogP contribution < -0.4 is 0 Å². The van der Waals surface area contributed by atoms with Gasteiger partial charge in [-0.1, -0.05) is 35.9 Å². The fraction of sp³-hybridized carbons (Fsp3) is 0. The Kier molecular flexibility index (Phi) is 3.59.